The molecule has 2 nitrogen and oxygen atoms in total. The van der Waals surface area contributed by atoms with Gasteiger partial charge in [0.15, 0.2) is 0 Å². The van der Waals surface area contributed by atoms with Gasteiger partial charge in [0.2, 0.25) is 0 Å². The lowest BCUT2D eigenvalue weighted by Crippen LogP contribution is -2.52. The molecule has 2 fully saturated rings. The number of hydrogen-bond acceptors (Lipinski definition) is 2. The number of hydrogen-bond donors (Lipinski definition) is 0. The maximum Gasteiger partial charge on any atom is 0.0155 e. The van der Waals surface area contributed by atoms with Gasteiger partial charge in [0, 0.05) is 12.1 Å². The third-order valence-corrected chi connectivity index (χ3v) is 4.91. The Hall–Kier alpha value is -0.0800. The van der Waals surface area contributed by atoms with E-state index in [1.807, 2.05) is 0 Å². The predicted octanol–water partition coefficient (Wildman–Crippen LogP) is 2.84. The molecule has 0 radical (unpaired) electrons. The van der Waals surface area contributed by atoms with E-state index in [1.165, 1.54) is 51.9 Å². The molecule has 0 aliphatic carbocycles. The Kier molecular flexibility index (Phi) is 4.14. The quantitative estimate of drug-likeness (QED) is 0.730. The van der Waals surface area contributed by atoms with Crippen LogP contribution in [0.1, 0.15) is 46.5 Å². The Morgan fingerprint density at radius 1 is 1.06 bits per heavy atom. The fourth-order valence-corrected chi connectivity index (χ4v) is 3.66. The largest absolute Gasteiger partial charge is 0.306 e. The molecule has 0 aromatic heterocycles. The van der Waals surface area contributed by atoms with Crippen molar-refractivity contribution in [2.45, 2.75) is 52.0 Å². The zero-order valence-corrected chi connectivity index (χ0v) is 12.2. The Bertz CT molecular complexity index is 241. The maximum absolute atomic E-state index is 2.77. The average Bonchev–Trinajstić information content (AvgIpc) is 2.24. The first-order valence-electron chi connectivity index (χ1n) is 7.41. The first-order valence-corrected chi connectivity index (χ1v) is 7.41. The van der Waals surface area contributed by atoms with Gasteiger partial charge < -0.3 is 4.90 Å². The molecule has 17 heavy (non-hydrogen) atoms. The Morgan fingerprint density at radius 3 is 2.29 bits per heavy atom. The minimum atomic E-state index is 0.432. The van der Waals surface area contributed by atoms with Gasteiger partial charge in [0.25, 0.3) is 0 Å². The van der Waals surface area contributed by atoms with Crippen LogP contribution in [-0.4, -0.2) is 48.6 Å². The molecule has 100 valence electrons. The summed E-state index contributed by atoms with van der Waals surface area (Å²) >= 11 is 0. The molecule has 0 bridgehead atoms. The van der Waals surface area contributed by atoms with Crippen molar-refractivity contribution in [3.05, 3.63) is 0 Å². The summed E-state index contributed by atoms with van der Waals surface area (Å²) in [7, 11) is 2.25. The van der Waals surface area contributed by atoms with Gasteiger partial charge in [-0.2, -0.15) is 0 Å². The van der Waals surface area contributed by atoms with Crippen molar-refractivity contribution in [2.24, 2.45) is 11.8 Å². The first-order chi connectivity index (χ1) is 7.97. The van der Waals surface area contributed by atoms with E-state index < -0.39 is 0 Å². The standard InChI is InChI=1S/C15H30N2/c1-13-5-10-17(15(2,3)11-13)12-14-6-8-16(4)9-7-14/h13-14H,5-12H2,1-4H3. The van der Waals surface area contributed by atoms with Gasteiger partial charge in [0.1, 0.15) is 0 Å². The summed E-state index contributed by atoms with van der Waals surface area (Å²) in [6, 6.07) is 0. The third kappa shape index (κ3) is 3.45. The van der Waals surface area contributed by atoms with Crippen molar-refractivity contribution in [1.29, 1.82) is 0 Å². The fraction of sp³-hybridized carbons (Fsp3) is 1.00. The topological polar surface area (TPSA) is 6.48 Å². The normalized spacial score (nSPS) is 32.8. The molecule has 2 saturated heterocycles. The smallest absolute Gasteiger partial charge is 0.0155 e. The lowest BCUT2D eigenvalue weighted by atomic mass is 9.82. The molecular formula is C15H30N2. The maximum atomic E-state index is 2.77. The van der Waals surface area contributed by atoms with Crippen molar-refractivity contribution in [3.8, 4) is 0 Å². The Balaban J connectivity index is 1.85. The van der Waals surface area contributed by atoms with Gasteiger partial charge in [-0.1, -0.05) is 6.92 Å². The molecule has 0 N–H and O–H groups in total. The average molecular weight is 238 g/mol. The molecular weight excluding hydrogens is 208 g/mol. The summed E-state index contributed by atoms with van der Waals surface area (Å²) in [6.07, 6.45) is 5.58. The molecule has 2 heterocycles. The van der Waals surface area contributed by atoms with E-state index in [-0.39, 0.29) is 0 Å². The van der Waals surface area contributed by atoms with Crippen molar-refractivity contribution in [3.63, 3.8) is 0 Å². The van der Waals surface area contributed by atoms with Crippen LogP contribution in [0.25, 0.3) is 0 Å². The van der Waals surface area contributed by atoms with Crippen molar-refractivity contribution < 1.29 is 0 Å². The second-order valence-electron chi connectivity index (χ2n) is 7.10. The summed E-state index contributed by atoms with van der Waals surface area (Å²) in [5.74, 6) is 1.86. The highest BCUT2D eigenvalue weighted by molar-refractivity contribution is 4.89. The van der Waals surface area contributed by atoms with Crippen LogP contribution in [0, 0.1) is 11.8 Å². The lowest BCUT2D eigenvalue weighted by molar-refractivity contribution is 0.0277. The van der Waals surface area contributed by atoms with E-state index in [1.54, 1.807) is 0 Å². The summed E-state index contributed by atoms with van der Waals surface area (Å²) in [6.45, 7) is 12.6. The summed E-state index contributed by atoms with van der Waals surface area (Å²) in [4.78, 5) is 5.24. The van der Waals surface area contributed by atoms with E-state index in [0.29, 0.717) is 5.54 Å². The van der Waals surface area contributed by atoms with E-state index >= 15 is 0 Å². The van der Waals surface area contributed by atoms with Crippen LogP contribution in [-0.2, 0) is 0 Å². The van der Waals surface area contributed by atoms with Crippen LogP contribution in [0.3, 0.4) is 0 Å². The highest BCUT2D eigenvalue weighted by Crippen LogP contribution is 2.32. The molecule has 2 rings (SSSR count). The third-order valence-electron chi connectivity index (χ3n) is 4.91. The van der Waals surface area contributed by atoms with Crippen molar-refractivity contribution in [2.75, 3.05) is 33.2 Å². The van der Waals surface area contributed by atoms with Gasteiger partial charge in [-0.05, 0) is 78.0 Å². The summed E-state index contributed by atoms with van der Waals surface area (Å²) in [5, 5.41) is 0. The van der Waals surface area contributed by atoms with Crippen LogP contribution in [0.5, 0.6) is 0 Å². The highest BCUT2D eigenvalue weighted by Gasteiger charge is 2.34. The highest BCUT2D eigenvalue weighted by atomic mass is 15.2. The van der Waals surface area contributed by atoms with E-state index in [4.69, 9.17) is 0 Å². The summed E-state index contributed by atoms with van der Waals surface area (Å²) in [5.41, 5.74) is 0.432. The monoisotopic (exact) mass is 238 g/mol. The predicted molar refractivity (Wildman–Crippen MR) is 74.3 cm³/mol. The zero-order valence-electron chi connectivity index (χ0n) is 12.2. The lowest BCUT2D eigenvalue weighted by Gasteiger charge is -2.47. The number of piperidine rings is 2. The molecule has 0 saturated carbocycles. The molecule has 0 aromatic rings. The first kappa shape index (κ1) is 13.4. The molecule has 2 heteroatoms. The second kappa shape index (κ2) is 5.27. The minimum absolute atomic E-state index is 0.432. The van der Waals surface area contributed by atoms with Crippen molar-refractivity contribution >= 4 is 0 Å². The van der Waals surface area contributed by atoms with Crippen LogP contribution >= 0.6 is 0 Å². The molecule has 0 aromatic carbocycles. The molecule has 0 spiro atoms. The minimum Gasteiger partial charge on any atom is -0.306 e. The van der Waals surface area contributed by atoms with Gasteiger partial charge >= 0.3 is 0 Å². The van der Waals surface area contributed by atoms with Gasteiger partial charge in [-0.15, -0.1) is 0 Å². The fourth-order valence-electron chi connectivity index (χ4n) is 3.66. The van der Waals surface area contributed by atoms with Gasteiger partial charge in [0.05, 0.1) is 0 Å². The molecule has 1 unspecified atom stereocenters. The molecule has 1 atom stereocenters. The van der Waals surface area contributed by atoms with Gasteiger partial charge in [-0.25, -0.2) is 0 Å². The zero-order chi connectivity index (χ0) is 12.5. The molecule has 0 amide bonds. The number of likely N-dealkylation sites (tertiary alicyclic amines) is 2. The van der Waals surface area contributed by atoms with Crippen LogP contribution in [0.2, 0.25) is 0 Å². The van der Waals surface area contributed by atoms with E-state index in [9.17, 15) is 0 Å². The second-order valence-corrected chi connectivity index (χ2v) is 7.10. The molecule has 2 aliphatic rings. The van der Waals surface area contributed by atoms with Crippen LogP contribution < -0.4 is 0 Å². The van der Waals surface area contributed by atoms with E-state index in [0.717, 1.165) is 11.8 Å². The molecule has 2 aliphatic heterocycles. The van der Waals surface area contributed by atoms with E-state index in [2.05, 4.69) is 37.6 Å². The Morgan fingerprint density at radius 2 is 1.71 bits per heavy atom. The van der Waals surface area contributed by atoms with Crippen LogP contribution in [0.15, 0.2) is 0 Å². The SMILES string of the molecule is CC1CCN(CC2CCN(C)CC2)C(C)(C)C1. The van der Waals surface area contributed by atoms with Gasteiger partial charge in [-0.3, -0.25) is 4.90 Å². The van der Waals surface area contributed by atoms with Crippen LogP contribution in [0.4, 0.5) is 0 Å². The Labute approximate surface area is 107 Å². The van der Waals surface area contributed by atoms with Crippen molar-refractivity contribution in [1.82, 2.24) is 9.80 Å². The number of rotatable bonds is 2. The summed E-state index contributed by atoms with van der Waals surface area (Å²) < 4.78 is 0. The number of nitrogens with zero attached hydrogens (tertiary/aromatic N) is 2.